The third-order valence-electron chi connectivity index (χ3n) is 2.68. The summed E-state index contributed by atoms with van der Waals surface area (Å²) in [7, 11) is 0. The fourth-order valence-corrected chi connectivity index (χ4v) is 1.76. The lowest BCUT2D eigenvalue weighted by atomic mass is 9.88. The third-order valence-corrected chi connectivity index (χ3v) is 2.68. The van der Waals surface area contributed by atoms with E-state index in [0.29, 0.717) is 5.56 Å². The zero-order chi connectivity index (χ0) is 15.5. The molecule has 0 aromatic heterocycles. The smallest absolute Gasteiger partial charge is 0.461 e. The van der Waals surface area contributed by atoms with Gasteiger partial charge in [-0.25, -0.2) is 0 Å². The molecule has 1 rings (SSSR count). The molecular formula is C13H14F4O3. The first-order valence-electron chi connectivity index (χ1n) is 5.83. The van der Waals surface area contributed by atoms with Crippen molar-refractivity contribution >= 4 is 5.97 Å². The number of ether oxygens (including phenoxy) is 1. The maximum absolute atomic E-state index is 12.7. The Morgan fingerprint density at radius 2 is 1.70 bits per heavy atom. The van der Waals surface area contributed by atoms with Gasteiger partial charge in [0.25, 0.3) is 0 Å². The van der Waals surface area contributed by atoms with Crippen molar-refractivity contribution in [3.05, 3.63) is 29.8 Å². The first kappa shape index (κ1) is 16.3. The van der Waals surface area contributed by atoms with Gasteiger partial charge in [-0.3, -0.25) is 4.79 Å². The molecule has 7 heteroatoms. The number of benzene rings is 1. The van der Waals surface area contributed by atoms with Crippen LogP contribution in [-0.4, -0.2) is 23.6 Å². The number of carboxylic acids is 1. The predicted molar refractivity (Wildman–Crippen MR) is 63.2 cm³/mol. The molecule has 1 atom stereocenters. The van der Waals surface area contributed by atoms with Crippen LogP contribution in [0.1, 0.15) is 25.3 Å². The number of hydrogen-bond acceptors (Lipinski definition) is 2. The summed E-state index contributed by atoms with van der Waals surface area (Å²) >= 11 is 0. The Morgan fingerprint density at radius 3 is 2.05 bits per heavy atom. The average Bonchev–Trinajstić information content (AvgIpc) is 2.30. The molecule has 0 saturated carbocycles. The Labute approximate surface area is 113 Å². The minimum absolute atomic E-state index is 0.207. The molecular weight excluding hydrogens is 280 g/mol. The van der Waals surface area contributed by atoms with Crippen LogP contribution in [0.5, 0.6) is 5.75 Å². The molecule has 3 nitrogen and oxygen atoms in total. The van der Waals surface area contributed by atoms with Crippen LogP contribution in [0.15, 0.2) is 24.3 Å². The van der Waals surface area contributed by atoms with Crippen LogP contribution in [0.4, 0.5) is 17.6 Å². The summed E-state index contributed by atoms with van der Waals surface area (Å²) in [6.07, 6.45) is -8.52. The monoisotopic (exact) mass is 294 g/mol. The Balaban J connectivity index is 2.91. The predicted octanol–water partition coefficient (Wildman–Crippen LogP) is 3.75. The molecule has 1 aromatic rings. The fraction of sp³-hybridized carbons (Fsp3) is 0.462. The summed E-state index contributed by atoms with van der Waals surface area (Å²) in [5.74, 6) is -2.51. The molecule has 0 spiro atoms. The third kappa shape index (κ3) is 3.85. The number of alkyl halides is 4. The Bertz CT molecular complexity index is 457. The molecule has 0 radical (unpaired) electrons. The first-order valence-corrected chi connectivity index (χ1v) is 5.83. The van der Waals surface area contributed by atoms with Gasteiger partial charge in [-0.05, 0) is 23.6 Å². The quantitative estimate of drug-likeness (QED) is 0.813. The maximum Gasteiger partial charge on any atom is 0.461 e. The highest BCUT2D eigenvalue weighted by molar-refractivity contribution is 5.76. The van der Waals surface area contributed by atoms with Crippen molar-refractivity contribution in [3.63, 3.8) is 0 Å². The lowest BCUT2D eigenvalue weighted by Gasteiger charge is -2.19. The largest absolute Gasteiger partial charge is 0.481 e. The molecule has 1 aromatic carbocycles. The zero-order valence-electron chi connectivity index (χ0n) is 10.8. The van der Waals surface area contributed by atoms with Crippen molar-refractivity contribution in [1.29, 1.82) is 0 Å². The molecule has 112 valence electrons. The highest BCUT2D eigenvalue weighted by Gasteiger charge is 2.43. The van der Waals surface area contributed by atoms with Gasteiger partial charge in [0.05, 0.1) is 5.92 Å². The highest BCUT2D eigenvalue weighted by Crippen LogP contribution is 2.30. The van der Waals surface area contributed by atoms with E-state index < -0.39 is 30.2 Å². The molecule has 1 N–H and O–H groups in total. The summed E-state index contributed by atoms with van der Waals surface area (Å²) < 4.78 is 53.2. The molecule has 1 unspecified atom stereocenters. The molecule has 0 amide bonds. The van der Waals surface area contributed by atoms with Crippen LogP contribution in [0.25, 0.3) is 0 Å². The van der Waals surface area contributed by atoms with E-state index in [1.807, 2.05) is 0 Å². The minimum Gasteiger partial charge on any atom is -0.481 e. The number of carboxylic acid groups (broad SMARTS) is 1. The van der Waals surface area contributed by atoms with Gasteiger partial charge in [-0.15, -0.1) is 0 Å². The van der Waals surface area contributed by atoms with Crippen molar-refractivity contribution in [2.24, 2.45) is 5.92 Å². The second kappa shape index (κ2) is 6.11. The topological polar surface area (TPSA) is 46.5 Å². The lowest BCUT2D eigenvalue weighted by molar-refractivity contribution is -0.253. The van der Waals surface area contributed by atoms with Gasteiger partial charge in [0, 0.05) is 0 Å². The second-order valence-corrected chi connectivity index (χ2v) is 4.59. The number of carbonyl (C=O) groups is 1. The molecule has 0 saturated heterocycles. The first-order chi connectivity index (χ1) is 9.15. The van der Waals surface area contributed by atoms with E-state index in [2.05, 4.69) is 4.74 Å². The molecule has 0 aliphatic carbocycles. The molecule has 0 aliphatic heterocycles. The van der Waals surface area contributed by atoms with E-state index in [1.54, 1.807) is 13.8 Å². The average molecular weight is 294 g/mol. The second-order valence-electron chi connectivity index (χ2n) is 4.59. The van der Waals surface area contributed by atoms with Crippen LogP contribution in [-0.2, 0) is 4.79 Å². The van der Waals surface area contributed by atoms with Crippen molar-refractivity contribution < 1.29 is 32.2 Å². The van der Waals surface area contributed by atoms with Crippen LogP contribution < -0.4 is 4.74 Å². The Morgan fingerprint density at radius 1 is 1.20 bits per heavy atom. The molecule has 0 bridgehead atoms. The maximum atomic E-state index is 12.7. The Hall–Kier alpha value is -1.79. The number of halogens is 4. The summed E-state index contributed by atoms with van der Waals surface area (Å²) in [6.45, 7) is 3.41. The van der Waals surface area contributed by atoms with E-state index in [1.165, 1.54) is 12.1 Å². The van der Waals surface area contributed by atoms with Crippen LogP contribution in [0.2, 0.25) is 0 Å². The summed E-state index contributed by atoms with van der Waals surface area (Å²) in [5.41, 5.74) is 0.389. The number of hydrogen-bond donors (Lipinski definition) is 1. The van der Waals surface area contributed by atoms with Gasteiger partial charge < -0.3 is 9.84 Å². The normalized spacial score (nSPS) is 13.6. The summed E-state index contributed by atoms with van der Waals surface area (Å²) in [4.78, 5) is 11.1. The van der Waals surface area contributed by atoms with Crippen LogP contribution >= 0.6 is 0 Å². The van der Waals surface area contributed by atoms with Gasteiger partial charge in [0.2, 0.25) is 0 Å². The molecule has 0 heterocycles. The number of rotatable bonds is 6. The fourth-order valence-electron chi connectivity index (χ4n) is 1.76. The SMILES string of the molecule is CC(C)C(C(=O)O)c1ccc(OC(F)(F)C(F)F)cc1. The van der Waals surface area contributed by atoms with Crippen LogP contribution in [0, 0.1) is 5.92 Å². The van der Waals surface area contributed by atoms with Crippen molar-refractivity contribution in [2.75, 3.05) is 0 Å². The summed E-state index contributed by atoms with van der Waals surface area (Å²) in [5, 5.41) is 9.08. The lowest BCUT2D eigenvalue weighted by Crippen LogP contribution is -2.33. The van der Waals surface area contributed by atoms with Gasteiger partial charge in [-0.1, -0.05) is 26.0 Å². The summed E-state index contributed by atoms with van der Waals surface area (Å²) in [6, 6.07) is 4.64. The van der Waals surface area contributed by atoms with Crippen molar-refractivity contribution in [2.45, 2.75) is 32.3 Å². The zero-order valence-corrected chi connectivity index (χ0v) is 10.8. The van der Waals surface area contributed by atoms with E-state index in [-0.39, 0.29) is 5.92 Å². The van der Waals surface area contributed by atoms with Gasteiger partial charge >= 0.3 is 18.5 Å². The molecule has 20 heavy (non-hydrogen) atoms. The van der Waals surface area contributed by atoms with Gasteiger partial charge in [0.1, 0.15) is 5.75 Å². The highest BCUT2D eigenvalue weighted by atomic mass is 19.3. The minimum atomic E-state index is -4.58. The van der Waals surface area contributed by atoms with E-state index in [4.69, 9.17) is 5.11 Å². The number of aliphatic carboxylic acids is 1. The Kier molecular flexibility index (Phi) is 4.97. The molecule has 0 aliphatic rings. The van der Waals surface area contributed by atoms with Gasteiger partial charge in [0.15, 0.2) is 0 Å². The van der Waals surface area contributed by atoms with E-state index >= 15 is 0 Å². The van der Waals surface area contributed by atoms with Crippen molar-refractivity contribution in [1.82, 2.24) is 0 Å². The van der Waals surface area contributed by atoms with E-state index in [0.717, 1.165) is 12.1 Å². The van der Waals surface area contributed by atoms with E-state index in [9.17, 15) is 22.4 Å². The molecule has 0 fully saturated rings. The van der Waals surface area contributed by atoms with Gasteiger partial charge in [-0.2, -0.15) is 17.6 Å². The standard InChI is InChI=1S/C13H14F4O3/c1-7(2)10(11(18)19)8-3-5-9(6-4-8)20-13(16,17)12(14)15/h3-7,10,12H,1-2H3,(H,18,19). The van der Waals surface area contributed by atoms with Crippen LogP contribution in [0.3, 0.4) is 0 Å². The van der Waals surface area contributed by atoms with Crippen molar-refractivity contribution in [3.8, 4) is 5.75 Å².